The summed E-state index contributed by atoms with van der Waals surface area (Å²) in [6.45, 7) is 23.8. The Morgan fingerprint density at radius 2 is 1.22 bits per heavy atom. The number of hydrogen-bond acceptors (Lipinski definition) is 5. The molecule has 2 aromatic carbocycles. The highest BCUT2D eigenvalue weighted by molar-refractivity contribution is 6.07. The molecule has 0 aromatic heterocycles. The van der Waals surface area contributed by atoms with Crippen LogP contribution < -0.4 is 14.2 Å². The molecule has 0 spiro atoms. The average molecular weight is 509 g/mol. The van der Waals surface area contributed by atoms with Crippen molar-refractivity contribution in [3.63, 3.8) is 0 Å². The van der Waals surface area contributed by atoms with E-state index in [1.54, 1.807) is 51.1 Å². The van der Waals surface area contributed by atoms with Gasteiger partial charge in [-0.05, 0) is 110 Å². The first kappa shape index (κ1) is 30.1. The molecule has 0 bridgehead atoms. The van der Waals surface area contributed by atoms with Crippen molar-refractivity contribution in [2.24, 2.45) is 5.41 Å². The normalized spacial score (nSPS) is 13.0. The predicted molar refractivity (Wildman–Crippen MR) is 151 cm³/mol. The van der Waals surface area contributed by atoms with Crippen LogP contribution in [-0.4, -0.2) is 23.0 Å². The van der Waals surface area contributed by atoms with Crippen molar-refractivity contribution in [1.29, 1.82) is 0 Å². The minimum absolute atomic E-state index is 0.164. The zero-order valence-electron chi connectivity index (χ0n) is 24.7. The molecule has 0 amide bonds. The first-order chi connectivity index (χ1) is 16.7. The van der Waals surface area contributed by atoms with E-state index >= 15 is 0 Å². The fourth-order valence-electron chi connectivity index (χ4n) is 3.34. The summed E-state index contributed by atoms with van der Waals surface area (Å²) >= 11 is 0. The number of rotatable bonds is 6. The highest BCUT2D eigenvalue weighted by Gasteiger charge is 2.26. The van der Waals surface area contributed by atoms with Crippen molar-refractivity contribution in [1.82, 2.24) is 0 Å². The third-order valence-electron chi connectivity index (χ3n) is 5.13. The van der Waals surface area contributed by atoms with E-state index in [2.05, 4.69) is 20.8 Å². The Hall–Kier alpha value is -3.08. The number of benzene rings is 2. The monoisotopic (exact) mass is 508 g/mol. The van der Waals surface area contributed by atoms with Gasteiger partial charge in [0.2, 0.25) is 0 Å². The molecule has 37 heavy (non-hydrogen) atoms. The molecule has 0 saturated carbocycles. The summed E-state index contributed by atoms with van der Waals surface area (Å²) in [5, 5.41) is 0. The van der Waals surface area contributed by atoms with Gasteiger partial charge in [-0.2, -0.15) is 0 Å². The summed E-state index contributed by atoms with van der Waals surface area (Å²) in [6, 6.07) is 10.6. The summed E-state index contributed by atoms with van der Waals surface area (Å²) in [6.07, 6.45) is 3.32. The molecule has 5 heteroatoms. The number of carbonyl (C=O) groups excluding carboxylic acids is 2. The second kappa shape index (κ2) is 10.7. The van der Waals surface area contributed by atoms with Gasteiger partial charge >= 0.3 is 5.97 Å². The Morgan fingerprint density at radius 1 is 0.703 bits per heavy atom. The minimum Gasteiger partial charge on any atom is -0.488 e. The van der Waals surface area contributed by atoms with Crippen LogP contribution in [0.15, 0.2) is 42.5 Å². The van der Waals surface area contributed by atoms with Crippen molar-refractivity contribution >= 4 is 17.8 Å². The van der Waals surface area contributed by atoms with Crippen LogP contribution in [0.3, 0.4) is 0 Å². The van der Waals surface area contributed by atoms with Gasteiger partial charge in [0.05, 0.1) is 5.41 Å². The molecule has 0 saturated heterocycles. The predicted octanol–water partition coefficient (Wildman–Crippen LogP) is 8.19. The molecule has 0 aliphatic heterocycles. The van der Waals surface area contributed by atoms with Crippen molar-refractivity contribution in [3.8, 4) is 17.2 Å². The lowest BCUT2D eigenvalue weighted by molar-refractivity contribution is -0.143. The van der Waals surface area contributed by atoms with Gasteiger partial charge in [0.15, 0.2) is 5.78 Å². The van der Waals surface area contributed by atoms with Gasteiger partial charge in [0, 0.05) is 22.8 Å². The van der Waals surface area contributed by atoms with Crippen molar-refractivity contribution < 1.29 is 23.8 Å². The molecule has 0 aliphatic carbocycles. The first-order valence-electron chi connectivity index (χ1n) is 12.8. The SMILES string of the molecule is CC(C)(C)Oc1cc(OC(C)(C)C)c(C(C)(C)C)cc1C=CC(=O)c1ccc(OC(=O)C(C)(C)C)cc1. The lowest BCUT2D eigenvalue weighted by atomic mass is 9.85. The fraction of sp³-hybridized carbons (Fsp3) is 0.500. The Labute approximate surface area is 223 Å². The number of esters is 1. The van der Waals surface area contributed by atoms with Crippen LogP contribution in [0.1, 0.15) is 105 Å². The molecule has 2 aromatic rings. The molecule has 0 atom stereocenters. The zero-order chi connectivity index (χ0) is 28.4. The van der Waals surface area contributed by atoms with Crippen molar-refractivity contribution in [2.45, 2.75) is 99.7 Å². The van der Waals surface area contributed by atoms with Crippen LogP contribution in [0.4, 0.5) is 0 Å². The Morgan fingerprint density at radius 3 is 1.68 bits per heavy atom. The maximum Gasteiger partial charge on any atom is 0.316 e. The summed E-state index contributed by atoms with van der Waals surface area (Å²) in [7, 11) is 0. The Bertz CT molecular complexity index is 1140. The Kier molecular flexibility index (Phi) is 8.74. The smallest absolute Gasteiger partial charge is 0.316 e. The minimum atomic E-state index is -0.608. The second-order valence-corrected chi connectivity index (χ2v) is 13.4. The first-order valence-corrected chi connectivity index (χ1v) is 12.8. The van der Waals surface area contributed by atoms with E-state index in [4.69, 9.17) is 14.2 Å². The van der Waals surface area contributed by atoms with Gasteiger partial charge in [-0.15, -0.1) is 0 Å². The van der Waals surface area contributed by atoms with E-state index in [-0.39, 0.29) is 22.8 Å². The molecule has 0 N–H and O–H groups in total. The molecule has 0 heterocycles. The van der Waals surface area contributed by atoms with Gasteiger partial charge in [0.25, 0.3) is 0 Å². The van der Waals surface area contributed by atoms with Crippen LogP contribution in [0, 0.1) is 5.41 Å². The zero-order valence-corrected chi connectivity index (χ0v) is 24.7. The van der Waals surface area contributed by atoms with Crippen LogP contribution in [-0.2, 0) is 10.2 Å². The topological polar surface area (TPSA) is 61.8 Å². The lowest BCUT2D eigenvalue weighted by Gasteiger charge is -2.30. The standard InChI is InChI=1S/C32H44O5/c1-29(2,3)24-19-22(26(36-31(7,8)9)20-27(24)37-32(10,11)12)15-18-25(33)21-13-16-23(17-14-21)35-28(34)30(4,5)6/h13-20H,1-12H3. The van der Waals surface area contributed by atoms with Gasteiger partial charge < -0.3 is 14.2 Å². The molecule has 5 nitrogen and oxygen atoms in total. The van der Waals surface area contributed by atoms with Gasteiger partial charge in [0.1, 0.15) is 28.5 Å². The number of ether oxygens (including phenoxy) is 3. The van der Waals surface area contributed by atoms with E-state index in [9.17, 15) is 9.59 Å². The highest BCUT2D eigenvalue weighted by Crippen LogP contribution is 2.40. The third kappa shape index (κ3) is 9.38. The average Bonchev–Trinajstić information content (AvgIpc) is 2.69. The van der Waals surface area contributed by atoms with E-state index in [1.165, 1.54) is 6.08 Å². The summed E-state index contributed by atoms with van der Waals surface area (Å²) in [5.41, 5.74) is 0.714. The number of allylic oxidation sites excluding steroid dienone is 1. The number of carbonyl (C=O) groups is 2. The summed E-state index contributed by atoms with van der Waals surface area (Å²) in [4.78, 5) is 25.1. The highest BCUT2D eigenvalue weighted by atomic mass is 16.5. The summed E-state index contributed by atoms with van der Waals surface area (Å²) in [5.74, 6) is 1.33. The van der Waals surface area contributed by atoms with Crippen molar-refractivity contribution in [3.05, 3.63) is 59.2 Å². The van der Waals surface area contributed by atoms with Crippen LogP contribution in [0.5, 0.6) is 17.2 Å². The van der Waals surface area contributed by atoms with Gasteiger partial charge in [-0.1, -0.05) is 20.8 Å². The van der Waals surface area contributed by atoms with E-state index in [0.717, 1.165) is 16.9 Å². The molecule has 0 unspecified atom stereocenters. The summed E-state index contributed by atoms with van der Waals surface area (Å²) < 4.78 is 18.0. The lowest BCUT2D eigenvalue weighted by Crippen LogP contribution is -2.27. The molecular formula is C32H44O5. The third-order valence-corrected chi connectivity index (χ3v) is 5.13. The fourth-order valence-corrected chi connectivity index (χ4v) is 3.34. The maximum absolute atomic E-state index is 13.0. The molecule has 202 valence electrons. The molecule has 2 rings (SSSR count). The van der Waals surface area contributed by atoms with Crippen LogP contribution in [0.2, 0.25) is 0 Å². The van der Waals surface area contributed by atoms with Gasteiger partial charge in [-0.3, -0.25) is 9.59 Å². The molecule has 0 radical (unpaired) electrons. The Balaban J connectivity index is 2.43. The number of ketones is 1. The molecular weight excluding hydrogens is 464 g/mol. The molecule has 0 fully saturated rings. The maximum atomic E-state index is 13.0. The number of hydrogen-bond donors (Lipinski definition) is 0. The van der Waals surface area contributed by atoms with Crippen LogP contribution >= 0.6 is 0 Å². The van der Waals surface area contributed by atoms with E-state index < -0.39 is 11.0 Å². The second-order valence-electron chi connectivity index (χ2n) is 13.4. The molecule has 0 aliphatic rings. The van der Waals surface area contributed by atoms with Gasteiger partial charge in [-0.25, -0.2) is 0 Å². The van der Waals surface area contributed by atoms with Crippen molar-refractivity contribution in [2.75, 3.05) is 0 Å². The largest absolute Gasteiger partial charge is 0.488 e. The van der Waals surface area contributed by atoms with E-state index in [1.807, 2.05) is 53.7 Å². The van der Waals surface area contributed by atoms with E-state index in [0.29, 0.717) is 17.1 Å². The van der Waals surface area contributed by atoms with Crippen LogP contribution in [0.25, 0.3) is 6.08 Å². The quantitative estimate of drug-likeness (QED) is 0.170.